The molecule has 0 spiro atoms. The van der Waals surface area contributed by atoms with Crippen molar-refractivity contribution in [2.75, 3.05) is 11.9 Å². The van der Waals surface area contributed by atoms with E-state index < -0.39 is 0 Å². The van der Waals surface area contributed by atoms with E-state index in [-0.39, 0.29) is 11.9 Å². The zero-order valence-corrected chi connectivity index (χ0v) is 18.1. The molecular formula is C23H22Cl2N4O. The van der Waals surface area contributed by atoms with Gasteiger partial charge in [0, 0.05) is 30.7 Å². The molecule has 1 aromatic heterocycles. The number of rotatable bonds is 3. The van der Waals surface area contributed by atoms with Gasteiger partial charge in [-0.3, -0.25) is 9.78 Å². The number of benzene rings is 2. The molecule has 30 heavy (non-hydrogen) atoms. The SMILES string of the molecule is CN(C(=O)c1ccccc1)C1CC2CCC(C1)N2c1cnc2cc(Cl)c(Cl)cc2n1. The molecule has 0 aliphatic carbocycles. The third-order valence-corrected chi connectivity index (χ3v) is 7.16. The first-order valence-corrected chi connectivity index (χ1v) is 11.0. The van der Waals surface area contributed by atoms with Crippen LogP contribution < -0.4 is 4.90 Å². The zero-order valence-electron chi connectivity index (χ0n) is 16.6. The van der Waals surface area contributed by atoms with Gasteiger partial charge in [-0.2, -0.15) is 0 Å². The molecule has 3 aromatic rings. The fraction of sp³-hybridized carbons (Fsp3) is 0.348. The highest BCUT2D eigenvalue weighted by Crippen LogP contribution is 2.40. The predicted molar refractivity (Wildman–Crippen MR) is 120 cm³/mol. The molecule has 2 aliphatic rings. The number of aromatic nitrogens is 2. The quantitative estimate of drug-likeness (QED) is 0.560. The molecule has 2 bridgehead atoms. The summed E-state index contributed by atoms with van der Waals surface area (Å²) in [5, 5.41) is 0.969. The second-order valence-electron chi connectivity index (χ2n) is 8.18. The molecule has 0 radical (unpaired) electrons. The summed E-state index contributed by atoms with van der Waals surface area (Å²) in [6.45, 7) is 0. The van der Waals surface area contributed by atoms with E-state index in [9.17, 15) is 4.79 Å². The molecule has 2 saturated heterocycles. The van der Waals surface area contributed by atoms with Crippen LogP contribution in [0.4, 0.5) is 5.82 Å². The van der Waals surface area contributed by atoms with Crippen molar-refractivity contribution in [2.45, 2.75) is 43.8 Å². The number of carbonyl (C=O) groups excluding carboxylic acids is 1. The number of carbonyl (C=O) groups is 1. The molecule has 2 unspecified atom stereocenters. The Morgan fingerprint density at radius 3 is 2.33 bits per heavy atom. The molecule has 0 saturated carbocycles. The first kappa shape index (κ1) is 19.6. The third-order valence-electron chi connectivity index (χ3n) is 6.43. The van der Waals surface area contributed by atoms with Crippen LogP contribution in [-0.4, -0.2) is 45.9 Å². The van der Waals surface area contributed by atoms with Gasteiger partial charge < -0.3 is 9.80 Å². The van der Waals surface area contributed by atoms with Crippen LogP contribution in [0.15, 0.2) is 48.7 Å². The Hall–Kier alpha value is -2.37. The maximum atomic E-state index is 12.9. The Bertz CT molecular complexity index is 1090. The van der Waals surface area contributed by atoms with E-state index in [4.69, 9.17) is 28.2 Å². The van der Waals surface area contributed by atoms with Crippen molar-refractivity contribution >= 4 is 46.0 Å². The molecule has 2 aliphatic heterocycles. The van der Waals surface area contributed by atoms with Gasteiger partial charge in [0.2, 0.25) is 0 Å². The third kappa shape index (κ3) is 3.40. The number of hydrogen-bond acceptors (Lipinski definition) is 4. The average molecular weight is 441 g/mol. The Balaban J connectivity index is 1.37. The summed E-state index contributed by atoms with van der Waals surface area (Å²) in [4.78, 5) is 26.6. The maximum absolute atomic E-state index is 12.9. The lowest BCUT2D eigenvalue weighted by atomic mass is 9.95. The minimum Gasteiger partial charge on any atom is -0.349 e. The molecule has 154 valence electrons. The number of anilines is 1. The second kappa shape index (κ2) is 7.71. The van der Waals surface area contributed by atoms with Crippen LogP contribution in [0.5, 0.6) is 0 Å². The summed E-state index contributed by atoms with van der Waals surface area (Å²) < 4.78 is 0. The van der Waals surface area contributed by atoms with Crippen molar-refractivity contribution in [3.63, 3.8) is 0 Å². The monoisotopic (exact) mass is 440 g/mol. The molecule has 2 fully saturated rings. The highest BCUT2D eigenvalue weighted by atomic mass is 35.5. The first-order chi connectivity index (χ1) is 14.5. The van der Waals surface area contributed by atoms with Crippen LogP contribution in [0, 0.1) is 0 Å². The fourth-order valence-corrected chi connectivity index (χ4v) is 5.23. The molecule has 1 amide bonds. The Morgan fingerprint density at radius 2 is 1.67 bits per heavy atom. The highest BCUT2D eigenvalue weighted by molar-refractivity contribution is 6.42. The molecule has 7 heteroatoms. The standard InChI is InChI=1S/C23H22Cl2N4O/c1-28(23(30)14-5-3-2-4-6-14)17-9-15-7-8-16(10-17)29(15)22-13-26-20-11-18(24)19(25)12-21(20)27-22/h2-6,11-13,15-17H,7-10H2,1H3. The topological polar surface area (TPSA) is 49.3 Å². The summed E-state index contributed by atoms with van der Waals surface area (Å²) in [6.07, 6.45) is 5.92. The van der Waals surface area contributed by atoms with Crippen LogP contribution in [0.25, 0.3) is 11.0 Å². The van der Waals surface area contributed by atoms with Crippen LogP contribution in [0.2, 0.25) is 10.0 Å². The average Bonchev–Trinajstić information content (AvgIpc) is 3.03. The summed E-state index contributed by atoms with van der Waals surface area (Å²) in [5.41, 5.74) is 2.23. The van der Waals surface area contributed by atoms with Gasteiger partial charge in [0.25, 0.3) is 5.91 Å². The summed E-state index contributed by atoms with van der Waals surface area (Å²) >= 11 is 12.3. The van der Waals surface area contributed by atoms with Gasteiger partial charge in [0.05, 0.1) is 27.3 Å². The lowest BCUT2D eigenvalue weighted by Crippen LogP contribution is -2.51. The van der Waals surface area contributed by atoms with Crippen molar-refractivity contribution in [1.29, 1.82) is 0 Å². The number of amides is 1. The molecule has 3 heterocycles. The smallest absolute Gasteiger partial charge is 0.253 e. The minimum atomic E-state index is 0.0884. The number of nitrogens with zero attached hydrogens (tertiary/aromatic N) is 4. The van der Waals surface area contributed by atoms with Gasteiger partial charge in [0.1, 0.15) is 5.82 Å². The van der Waals surface area contributed by atoms with Gasteiger partial charge in [-0.1, -0.05) is 41.4 Å². The normalized spacial score (nSPS) is 23.0. The van der Waals surface area contributed by atoms with E-state index >= 15 is 0 Å². The number of halogens is 2. The molecule has 5 nitrogen and oxygen atoms in total. The van der Waals surface area contributed by atoms with E-state index in [2.05, 4.69) is 9.88 Å². The van der Waals surface area contributed by atoms with Crippen molar-refractivity contribution in [2.24, 2.45) is 0 Å². The lowest BCUT2D eigenvalue weighted by molar-refractivity contribution is 0.0693. The molecule has 2 atom stereocenters. The highest BCUT2D eigenvalue weighted by Gasteiger charge is 2.43. The molecule has 0 N–H and O–H groups in total. The predicted octanol–water partition coefficient (Wildman–Crippen LogP) is 5.21. The zero-order chi connectivity index (χ0) is 20.8. The van der Waals surface area contributed by atoms with Crippen molar-refractivity contribution < 1.29 is 4.79 Å². The van der Waals surface area contributed by atoms with Crippen LogP contribution in [0.3, 0.4) is 0 Å². The number of fused-ring (bicyclic) bond motifs is 3. The number of hydrogen-bond donors (Lipinski definition) is 0. The van der Waals surface area contributed by atoms with E-state index in [0.29, 0.717) is 22.1 Å². The van der Waals surface area contributed by atoms with Crippen LogP contribution in [0.1, 0.15) is 36.0 Å². The fourth-order valence-electron chi connectivity index (χ4n) is 4.91. The Labute approximate surface area is 185 Å². The Morgan fingerprint density at radius 1 is 1.03 bits per heavy atom. The van der Waals surface area contributed by atoms with Crippen molar-refractivity contribution in [3.05, 3.63) is 64.3 Å². The van der Waals surface area contributed by atoms with E-state index in [0.717, 1.165) is 48.1 Å². The van der Waals surface area contributed by atoms with Gasteiger partial charge in [-0.15, -0.1) is 0 Å². The maximum Gasteiger partial charge on any atom is 0.253 e. The summed E-state index contributed by atoms with van der Waals surface area (Å²) in [7, 11) is 1.93. The van der Waals surface area contributed by atoms with Gasteiger partial charge in [-0.25, -0.2) is 4.98 Å². The van der Waals surface area contributed by atoms with E-state index in [1.807, 2.05) is 48.5 Å². The van der Waals surface area contributed by atoms with Crippen molar-refractivity contribution in [3.8, 4) is 0 Å². The van der Waals surface area contributed by atoms with Gasteiger partial charge in [0.15, 0.2) is 0 Å². The van der Waals surface area contributed by atoms with Crippen molar-refractivity contribution in [1.82, 2.24) is 14.9 Å². The number of piperidine rings is 1. The Kier molecular flexibility index (Phi) is 5.03. The van der Waals surface area contributed by atoms with Gasteiger partial charge >= 0.3 is 0 Å². The largest absolute Gasteiger partial charge is 0.349 e. The van der Waals surface area contributed by atoms with Gasteiger partial charge in [-0.05, 0) is 49.9 Å². The molecule has 2 aromatic carbocycles. The van der Waals surface area contributed by atoms with Crippen LogP contribution in [-0.2, 0) is 0 Å². The first-order valence-electron chi connectivity index (χ1n) is 10.2. The molecular weight excluding hydrogens is 419 g/mol. The minimum absolute atomic E-state index is 0.0884. The van der Waals surface area contributed by atoms with E-state index in [1.54, 1.807) is 12.1 Å². The molecule has 5 rings (SSSR count). The van der Waals surface area contributed by atoms with Crippen LogP contribution >= 0.6 is 23.2 Å². The van der Waals surface area contributed by atoms with E-state index in [1.165, 1.54) is 0 Å². The summed E-state index contributed by atoms with van der Waals surface area (Å²) in [5.74, 6) is 0.967. The lowest BCUT2D eigenvalue weighted by Gasteiger charge is -2.42. The second-order valence-corrected chi connectivity index (χ2v) is 9.00. The summed E-state index contributed by atoms with van der Waals surface area (Å²) in [6, 6.07) is 14.0.